The number of anilines is 3. The Labute approximate surface area is 206 Å². The van der Waals surface area contributed by atoms with Gasteiger partial charge in [0.25, 0.3) is 7.44 Å². The smallest absolute Gasteiger partial charge is 0.323 e. The summed E-state index contributed by atoms with van der Waals surface area (Å²) in [5.74, 6) is -0.110. The van der Waals surface area contributed by atoms with Crippen LogP contribution in [-0.4, -0.2) is 64.1 Å². The van der Waals surface area contributed by atoms with Crippen molar-refractivity contribution in [3.05, 3.63) is 36.0 Å². The molecule has 1 unspecified atom stereocenters. The number of carbonyl (C=O) groups is 1. The van der Waals surface area contributed by atoms with Crippen LogP contribution in [0, 0.1) is 6.92 Å². The molecule has 2 atom stereocenters. The first-order valence-corrected chi connectivity index (χ1v) is 14.1. The summed E-state index contributed by atoms with van der Waals surface area (Å²) >= 11 is 0. The Morgan fingerprint density at radius 2 is 1.89 bits per heavy atom. The van der Waals surface area contributed by atoms with E-state index in [4.69, 9.17) is 14.6 Å². The van der Waals surface area contributed by atoms with Crippen LogP contribution in [-0.2, 0) is 28.9 Å². The van der Waals surface area contributed by atoms with Gasteiger partial charge in [0, 0.05) is 27.4 Å². The van der Waals surface area contributed by atoms with Gasteiger partial charge in [0.1, 0.15) is 18.2 Å². The second-order valence-corrected chi connectivity index (χ2v) is 12.2. The van der Waals surface area contributed by atoms with Crippen LogP contribution in [0.2, 0.25) is 0 Å². The zero-order valence-corrected chi connectivity index (χ0v) is 22.6. The average Bonchev–Trinajstić information content (AvgIpc) is 2.74. The van der Waals surface area contributed by atoms with Gasteiger partial charge in [0.05, 0.1) is 16.7 Å². The molecular formula is C21H33N6O6PS. The molecule has 0 spiro atoms. The Hall–Kier alpha value is -2.57. The van der Waals surface area contributed by atoms with Gasteiger partial charge in [-0.05, 0) is 51.5 Å². The van der Waals surface area contributed by atoms with Gasteiger partial charge in [-0.1, -0.05) is 6.07 Å². The first kappa shape index (κ1) is 28.7. The second kappa shape index (κ2) is 11.4. The Balaban J connectivity index is 2.75. The lowest BCUT2D eigenvalue weighted by molar-refractivity contribution is -0.148. The van der Waals surface area contributed by atoms with Crippen LogP contribution in [0.4, 0.5) is 17.5 Å². The maximum atomic E-state index is 14.4. The van der Waals surface area contributed by atoms with Crippen LogP contribution in [0.5, 0.6) is 0 Å². The zero-order valence-electron chi connectivity index (χ0n) is 20.9. The minimum absolute atomic E-state index is 0.00210. The monoisotopic (exact) mass is 528 g/mol. The van der Waals surface area contributed by atoms with E-state index in [2.05, 4.69) is 15.1 Å². The molecule has 1 heterocycles. The number of aryl methyl sites for hydroxylation is 1. The Bertz CT molecular complexity index is 1210. The third kappa shape index (κ3) is 7.21. The predicted molar refractivity (Wildman–Crippen MR) is 134 cm³/mol. The van der Waals surface area contributed by atoms with E-state index < -0.39 is 29.5 Å². The van der Waals surface area contributed by atoms with Gasteiger partial charge in [0.15, 0.2) is 0 Å². The number of carbonyl (C=O) groups excluding carboxylic acids is 1. The Kier molecular flexibility index (Phi) is 9.37. The summed E-state index contributed by atoms with van der Waals surface area (Å²) in [4.78, 5) is 22.9. The fourth-order valence-electron chi connectivity index (χ4n) is 3.18. The van der Waals surface area contributed by atoms with Gasteiger partial charge < -0.3 is 14.4 Å². The van der Waals surface area contributed by atoms with Crippen molar-refractivity contribution in [2.75, 3.05) is 37.1 Å². The van der Waals surface area contributed by atoms with E-state index in [-0.39, 0.29) is 29.0 Å². The third-order valence-corrected chi connectivity index (χ3v) is 8.23. The van der Waals surface area contributed by atoms with Crippen LogP contribution in [0.3, 0.4) is 0 Å². The highest BCUT2D eigenvalue weighted by Crippen LogP contribution is 2.53. The summed E-state index contributed by atoms with van der Waals surface area (Å²) in [5, 5.41) is 8.23. The molecule has 0 aliphatic rings. The number of esters is 1. The number of nitrogens with zero attached hydrogens (tertiary/aromatic N) is 4. The number of hydrogen-bond donors (Lipinski definition) is 2. The van der Waals surface area contributed by atoms with E-state index in [1.54, 1.807) is 51.9 Å². The van der Waals surface area contributed by atoms with Crippen molar-refractivity contribution in [2.45, 2.75) is 44.7 Å². The molecule has 1 aromatic heterocycles. The fourth-order valence-corrected chi connectivity index (χ4v) is 6.23. The fraction of sp³-hybridized carbons (Fsp3) is 0.476. The number of hydrogen-bond acceptors (Lipinski definition) is 9. The highest BCUT2D eigenvalue weighted by Gasteiger charge is 2.38. The molecule has 0 aliphatic heterocycles. The molecule has 0 saturated carbocycles. The number of benzene rings is 1. The molecule has 2 aromatic rings. The summed E-state index contributed by atoms with van der Waals surface area (Å²) in [7, 11) is -3.07. The molecule has 2 rings (SSSR count). The molecule has 35 heavy (non-hydrogen) atoms. The van der Waals surface area contributed by atoms with Gasteiger partial charge in [0.2, 0.25) is 16.0 Å². The second-order valence-electron chi connectivity index (χ2n) is 8.37. The Morgan fingerprint density at radius 1 is 1.23 bits per heavy atom. The zero-order chi connectivity index (χ0) is 26.6. The molecule has 0 amide bonds. The third-order valence-electron chi connectivity index (χ3n) is 4.73. The van der Waals surface area contributed by atoms with Crippen LogP contribution < -0.4 is 19.8 Å². The lowest BCUT2D eigenvalue weighted by Crippen LogP contribution is -2.39. The van der Waals surface area contributed by atoms with E-state index in [0.717, 1.165) is 0 Å². The van der Waals surface area contributed by atoms with Crippen LogP contribution in [0.25, 0.3) is 0 Å². The summed E-state index contributed by atoms with van der Waals surface area (Å²) in [6, 6.07) is 5.05. The number of ether oxygens (including phenoxy) is 2. The lowest BCUT2D eigenvalue weighted by atomic mass is 10.2. The van der Waals surface area contributed by atoms with Crippen molar-refractivity contribution >= 4 is 40.9 Å². The first-order chi connectivity index (χ1) is 16.2. The number of sulfonamides is 1. The molecule has 3 N–H and O–H groups in total. The minimum atomic E-state index is -4.09. The normalized spacial score (nSPS) is 14.3. The number of rotatable bonds is 11. The van der Waals surface area contributed by atoms with E-state index in [1.807, 2.05) is 0 Å². The van der Waals surface area contributed by atoms with E-state index >= 15 is 0 Å². The molecule has 12 nitrogen and oxygen atoms in total. The molecule has 0 aliphatic carbocycles. The van der Waals surface area contributed by atoms with Crippen molar-refractivity contribution in [1.82, 2.24) is 15.1 Å². The van der Waals surface area contributed by atoms with E-state index in [1.165, 1.54) is 37.0 Å². The molecular weight excluding hydrogens is 495 g/mol. The van der Waals surface area contributed by atoms with Crippen molar-refractivity contribution in [3.8, 4) is 0 Å². The summed E-state index contributed by atoms with van der Waals surface area (Å²) in [5.41, 5.74) is 0.579. The molecule has 0 saturated heterocycles. The van der Waals surface area contributed by atoms with E-state index in [9.17, 15) is 17.8 Å². The SMILES string of the molecule is COCP(=O)(N[C@@H](C)C(=O)OC(C)C)N(c1ccc(C)c(S(N)(=O)=O)c1)c1nccc(N(C)C)n1. The number of methoxy groups -OCH3 is 1. The quantitative estimate of drug-likeness (QED) is 0.326. The van der Waals surface area contributed by atoms with Crippen LogP contribution in [0.15, 0.2) is 35.4 Å². The van der Waals surface area contributed by atoms with Gasteiger partial charge >= 0.3 is 5.97 Å². The largest absolute Gasteiger partial charge is 0.462 e. The standard InChI is InChI=1S/C21H33N6O6PS/c1-14(2)33-20(28)16(4)25-34(29,13-32-7)27(21-23-11-10-19(24-21)26(5)6)17-9-8-15(3)18(12-17)35(22,30)31/h8-12,14,16H,13H2,1-7H3,(H,25,29)(H2,22,30,31)/t16-,34?/m0/s1. The highest BCUT2D eigenvalue weighted by atomic mass is 32.2. The molecule has 1 aromatic carbocycles. The topological polar surface area (TPSA) is 157 Å². The summed E-state index contributed by atoms with van der Waals surface area (Å²) in [6.45, 7) is 6.50. The summed E-state index contributed by atoms with van der Waals surface area (Å²) < 4.78 is 50.6. The first-order valence-electron chi connectivity index (χ1n) is 10.7. The molecule has 0 bridgehead atoms. The van der Waals surface area contributed by atoms with Gasteiger partial charge in [-0.15, -0.1) is 0 Å². The summed E-state index contributed by atoms with van der Waals surface area (Å²) in [6.07, 6.45) is 0.743. The van der Waals surface area contributed by atoms with Gasteiger partial charge in [-0.25, -0.2) is 28.3 Å². The number of nitrogens with one attached hydrogen (secondary N) is 1. The van der Waals surface area contributed by atoms with Gasteiger partial charge in [-0.3, -0.25) is 9.36 Å². The predicted octanol–water partition coefficient (Wildman–Crippen LogP) is 2.36. The number of nitrogens with two attached hydrogens (primary N) is 1. The highest BCUT2D eigenvalue weighted by molar-refractivity contribution is 7.89. The number of aromatic nitrogens is 2. The van der Waals surface area contributed by atoms with E-state index in [0.29, 0.717) is 11.4 Å². The Morgan fingerprint density at radius 3 is 2.43 bits per heavy atom. The lowest BCUT2D eigenvalue weighted by Gasteiger charge is -2.34. The maximum absolute atomic E-state index is 14.4. The maximum Gasteiger partial charge on any atom is 0.323 e. The molecule has 14 heteroatoms. The van der Waals surface area contributed by atoms with Crippen LogP contribution >= 0.6 is 7.44 Å². The average molecular weight is 529 g/mol. The van der Waals surface area contributed by atoms with Crippen molar-refractivity contribution in [1.29, 1.82) is 0 Å². The van der Waals surface area contributed by atoms with Crippen LogP contribution in [0.1, 0.15) is 26.3 Å². The van der Waals surface area contributed by atoms with Crippen molar-refractivity contribution < 1.29 is 27.3 Å². The molecule has 0 radical (unpaired) electrons. The number of primary sulfonamides is 1. The molecule has 194 valence electrons. The molecule has 0 fully saturated rings. The van der Waals surface area contributed by atoms with Crippen molar-refractivity contribution in [2.24, 2.45) is 5.14 Å². The minimum Gasteiger partial charge on any atom is -0.462 e. The van der Waals surface area contributed by atoms with Gasteiger partial charge in [-0.2, -0.15) is 4.98 Å². The van der Waals surface area contributed by atoms with Crippen molar-refractivity contribution in [3.63, 3.8) is 0 Å².